The van der Waals surface area contributed by atoms with E-state index in [1.165, 1.54) is 159 Å². The summed E-state index contributed by atoms with van der Waals surface area (Å²) in [4.78, 5) is 21.8. The molecule has 2 aromatic heterocycles. The second-order valence-corrected chi connectivity index (χ2v) is 32.3. The summed E-state index contributed by atoms with van der Waals surface area (Å²) in [5.41, 5.74) is 33.9. The fourth-order valence-electron chi connectivity index (χ4n) is 22.0. The molecule has 0 atom stereocenters. The van der Waals surface area contributed by atoms with Crippen molar-refractivity contribution in [3.05, 3.63) is 445 Å². The van der Waals surface area contributed by atoms with Crippen molar-refractivity contribution in [2.75, 3.05) is 0 Å². The number of para-hydroxylation sites is 2. The Labute approximate surface area is 680 Å². The molecular weight excluding hydrogens is 1430 g/mol. The van der Waals surface area contributed by atoms with E-state index in [9.17, 15) is 0 Å². The Kier molecular flexibility index (Phi) is 13.6. The van der Waals surface area contributed by atoms with Crippen molar-refractivity contribution in [1.82, 2.24) is 19.9 Å². The van der Waals surface area contributed by atoms with Crippen molar-refractivity contribution in [2.45, 2.75) is 10.8 Å². The molecule has 0 unspecified atom stereocenters. The predicted octanol–water partition coefficient (Wildman–Crippen LogP) is 28.8. The number of fused-ring (bicyclic) bond motifs is 36. The highest BCUT2D eigenvalue weighted by molar-refractivity contribution is 6.28. The predicted molar refractivity (Wildman–Crippen MR) is 488 cm³/mol. The topological polar surface area (TPSA) is 51.6 Å². The number of hydrogen-bond donors (Lipinski definition) is 0. The van der Waals surface area contributed by atoms with Crippen LogP contribution in [0.5, 0.6) is 0 Å². The lowest BCUT2D eigenvalue weighted by Gasteiger charge is -2.32. The zero-order valence-electron chi connectivity index (χ0n) is 63.9. The SMILES string of the molecule is c1ccc(-c2nc(-c3cccc(-c4cc5c(c6ccccc46)-c4c(c6ccccc6c6c(-c7cccc(-c8nc(-c9ccc(-c%10cc%11c(c%12ccccc%10%12)-c%10c(c%12ccccc%12c%12ccccc%10%12)C%11%10c%11ccccc%11-c%11ccccc%11%10)cc9)nc9ccccc89)c7)cccc46)C54c5ccccc5-c5ccccc54)c3)nc3ccccc23)cc1. The summed E-state index contributed by atoms with van der Waals surface area (Å²) in [6.07, 6.45) is 0. The Bertz CT molecular complexity index is 8100. The van der Waals surface area contributed by atoms with E-state index in [-0.39, 0.29) is 0 Å². The quantitative estimate of drug-likeness (QED) is 0.149. The van der Waals surface area contributed by atoms with Gasteiger partial charge in [0, 0.05) is 33.0 Å². The lowest BCUT2D eigenvalue weighted by atomic mass is 9.68. The Morgan fingerprint density at radius 2 is 0.492 bits per heavy atom. The molecule has 0 saturated heterocycles. The van der Waals surface area contributed by atoms with Gasteiger partial charge < -0.3 is 0 Å². The highest BCUT2D eigenvalue weighted by Gasteiger charge is 2.56. The third-order valence-corrected chi connectivity index (χ3v) is 26.6. The molecule has 22 aromatic rings. The maximum absolute atomic E-state index is 5.69. The smallest absolute Gasteiger partial charge is 0.160 e. The third-order valence-electron chi connectivity index (χ3n) is 26.6. The fourth-order valence-corrected chi connectivity index (χ4v) is 22.0. The van der Waals surface area contributed by atoms with E-state index in [1.54, 1.807) is 0 Å². The van der Waals surface area contributed by atoms with Crippen molar-refractivity contribution in [3.63, 3.8) is 0 Å². The molecule has 4 aliphatic rings. The first-order chi connectivity index (χ1) is 58.6. The van der Waals surface area contributed by atoms with Crippen LogP contribution in [0, 0.1) is 0 Å². The van der Waals surface area contributed by atoms with Gasteiger partial charge in [0.05, 0.1) is 33.3 Å². The van der Waals surface area contributed by atoms with Crippen LogP contribution in [0.1, 0.15) is 44.5 Å². The first kappa shape index (κ1) is 65.1. The Morgan fingerprint density at radius 3 is 1.03 bits per heavy atom. The lowest BCUT2D eigenvalue weighted by Crippen LogP contribution is -2.26. The van der Waals surface area contributed by atoms with Crippen LogP contribution < -0.4 is 0 Å². The van der Waals surface area contributed by atoms with Gasteiger partial charge in [0.15, 0.2) is 11.6 Å². The van der Waals surface area contributed by atoms with Crippen LogP contribution in [-0.2, 0) is 10.8 Å². The normalized spacial score (nSPS) is 13.4. The molecule has 2 spiro atoms. The molecule has 2 heterocycles. The number of nitrogens with zero attached hydrogens (tertiary/aromatic N) is 4. The fraction of sp³-hybridized carbons (Fsp3) is 0.0175. The summed E-state index contributed by atoms with van der Waals surface area (Å²) in [7, 11) is 0. The van der Waals surface area contributed by atoms with Gasteiger partial charge in [-0.05, 0) is 223 Å². The molecule has 4 aliphatic carbocycles. The van der Waals surface area contributed by atoms with E-state index < -0.39 is 10.8 Å². The molecule has 542 valence electrons. The van der Waals surface area contributed by atoms with Crippen molar-refractivity contribution in [2.24, 2.45) is 0 Å². The molecule has 0 aliphatic heterocycles. The maximum atomic E-state index is 5.69. The van der Waals surface area contributed by atoms with Gasteiger partial charge in [-0.1, -0.05) is 364 Å². The van der Waals surface area contributed by atoms with Crippen molar-refractivity contribution >= 4 is 86.4 Å². The minimum atomic E-state index is -0.703. The first-order valence-corrected chi connectivity index (χ1v) is 40.9. The first-order valence-electron chi connectivity index (χ1n) is 40.9. The van der Waals surface area contributed by atoms with E-state index in [0.29, 0.717) is 11.6 Å². The van der Waals surface area contributed by atoms with Crippen LogP contribution in [0.4, 0.5) is 0 Å². The van der Waals surface area contributed by atoms with Crippen molar-refractivity contribution in [1.29, 1.82) is 0 Å². The van der Waals surface area contributed by atoms with Gasteiger partial charge in [0.1, 0.15) is 0 Å². The summed E-state index contributed by atoms with van der Waals surface area (Å²) in [5, 5.41) is 16.9. The van der Waals surface area contributed by atoms with Gasteiger partial charge in [-0.25, -0.2) is 19.9 Å². The number of benzene rings is 20. The molecule has 0 bridgehead atoms. The molecule has 0 radical (unpaired) electrons. The van der Waals surface area contributed by atoms with Crippen LogP contribution in [0.2, 0.25) is 0 Å². The molecule has 0 saturated carbocycles. The summed E-state index contributed by atoms with van der Waals surface area (Å²) in [6.45, 7) is 0. The summed E-state index contributed by atoms with van der Waals surface area (Å²) < 4.78 is 0. The minimum Gasteiger partial charge on any atom is -0.228 e. The van der Waals surface area contributed by atoms with E-state index in [1.807, 2.05) is 0 Å². The highest BCUT2D eigenvalue weighted by Crippen LogP contribution is 2.70. The number of aromatic nitrogens is 4. The second kappa shape index (κ2) is 24.6. The number of rotatable bonds is 7. The molecule has 0 amide bonds. The lowest BCUT2D eigenvalue weighted by molar-refractivity contribution is 0.803. The summed E-state index contributed by atoms with van der Waals surface area (Å²) >= 11 is 0. The largest absolute Gasteiger partial charge is 0.228 e. The average molecular weight is 1490 g/mol. The molecule has 0 N–H and O–H groups in total. The minimum absolute atomic E-state index is 0.595. The van der Waals surface area contributed by atoms with Gasteiger partial charge in [0.2, 0.25) is 0 Å². The summed E-state index contributed by atoms with van der Waals surface area (Å²) in [5.74, 6) is 1.36. The second-order valence-electron chi connectivity index (χ2n) is 32.3. The number of hydrogen-bond acceptors (Lipinski definition) is 4. The van der Waals surface area contributed by atoms with Crippen molar-refractivity contribution < 1.29 is 0 Å². The van der Waals surface area contributed by atoms with E-state index in [4.69, 9.17) is 19.9 Å². The van der Waals surface area contributed by atoms with Gasteiger partial charge in [0.25, 0.3) is 0 Å². The standard InChI is InChI=1S/C114H66N4/c1-2-29-68(30-3-1)109-89-49-18-24-57-100(89)116-112(117-109)73-34-27-32-71(64-73)93-66-99-104(84-44-9-6-38-78(84)93)106-91-52-28-51-74(102(91)86-46-11-13-48-88(86)108(106)114(99)96-55-22-16-41-81(96)82-42-17-23-56-97(82)114)70-31-26-33-72(63-70)110-90-50-19-25-58-101(90)115-111(118-110)69-61-59-67(60-62-69)92-65-98-103(83-43-8-5-37-77(83)92)105-85-45-10-4-35-75(85)76-36-7-12-47-87(76)107(105)113(98)94-53-20-14-39-79(94)80-40-15-21-54-95(80)113/h1-66H. The van der Waals surface area contributed by atoms with Crippen molar-refractivity contribution in [3.8, 4) is 123 Å². The van der Waals surface area contributed by atoms with E-state index >= 15 is 0 Å². The molecule has 118 heavy (non-hydrogen) atoms. The highest BCUT2D eigenvalue weighted by atomic mass is 14.9. The van der Waals surface area contributed by atoms with Crippen LogP contribution in [0.3, 0.4) is 0 Å². The molecule has 4 heteroatoms. The summed E-state index contributed by atoms with van der Waals surface area (Å²) in [6, 6.07) is 149. The molecule has 4 nitrogen and oxygen atoms in total. The van der Waals surface area contributed by atoms with Crippen LogP contribution in [-0.4, -0.2) is 19.9 Å². The van der Waals surface area contributed by atoms with E-state index in [2.05, 4.69) is 400 Å². The molecule has 26 rings (SSSR count). The zero-order valence-corrected chi connectivity index (χ0v) is 63.9. The monoisotopic (exact) mass is 1490 g/mol. The maximum Gasteiger partial charge on any atom is 0.160 e. The van der Waals surface area contributed by atoms with Gasteiger partial charge in [-0.15, -0.1) is 0 Å². The van der Waals surface area contributed by atoms with Gasteiger partial charge >= 0.3 is 0 Å². The zero-order chi connectivity index (χ0) is 77.1. The van der Waals surface area contributed by atoms with Crippen LogP contribution in [0.15, 0.2) is 400 Å². The molecular formula is C114H66N4. The molecule has 20 aromatic carbocycles. The van der Waals surface area contributed by atoms with Crippen LogP contribution >= 0.6 is 0 Å². The Morgan fingerprint density at radius 1 is 0.161 bits per heavy atom. The van der Waals surface area contributed by atoms with Gasteiger partial charge in [-0.3, -0.25) is 0 Å². The van der Waals surface area contributed by atoms with E-state index in [0.717, 1.165) is 83.3 Å². The average Bonchev–Trinajstić information content (AvgIpc) is 1.49. The Hall–Kier alpha value is -15.4. The van der Waals surface area contributed by atoms with Crippen LogP contribution in [0.25, 0.3) is 210 Å². The third kappa shape index (κ3) is 8.76. The molecule has 0 fully saturated rings. The Balaban J connectivity index is 0.636. The van der Waals surface area contributed by atoms with Gasteiger partial charge in [-0.2, -0.15) is 0 Å².